The zero-order valence-corrected chi connectivity index (χ0v) is 20.9. The van der Waals surface area contributed by atoms with Crippen molar-refractivity contribution in [3.8, 4) is 11.3 Å². The van der Waals surface area contributed by atoms with E-state index in [9.17, 15) is 0 Å². The number of rotatable bonds is 4. The number of benzene rings is 1. The number of fused-ring (bicyclic) bond motifs is 1. The molecule has 2 saturated heterocycles. The summed E-state index contributed by atoms with van der Waals surface area (Å²) in [6, 6.07) is 12.2. The zero-order valence-electron chi connectivity index (χ0n) is 20.9. The number of aromatic amines is 1. The molecule has 3 aromatic rings. The highest BCUT2D eigenvalue weighted by molar-refractivity contribution is 5.92. The van der Waals surface area contributed by atoms with Crippen molar-refractivity contribution in [3.63, 3.8) is 0 Å². The Kier molecular flexibility index (Phi) is 6.32. The Labute approximate surface area is 198 Å². The first-order chi connectivity index (χ1) is 15.9. The van der Waals surface area contributed by atoms with E-state index >= 15 is 0 Å². The number of nitrogens with one attached hydrogen (secondary N) is 1. The van der Waals surface area contributed by atoms with Crippen LogP contribution in [0.2, 0.25) is 0 Å². The molecule has 1 N–H and O–H groups in total. The van der Waals surface area contributed by atoms with E-state index in [1.807, 2.05) is 6.20 Å². The topological polar surface area (TPSA) is 41.2 Å². The van der Waals surface area contributed by atoms with E-state index < -0.39 is 0 Å². The molecule has 2 unspecified atom stereocenters. The predicted molar refractivity (Wildman–Crippen MR) is 137 cm³/mol. The Morgan fingerprint density at radius 1 is 1.03 bits per heavy atom. The van der Waals surface area contributed by atoms with Gasteiger partial charge in [0.25, 0.3) is 0 Å². The number of piperidine rings is 1. The van der Waals surface area contributed by atoms with Crippen LogP contribution < -0.4 is 0 Å². The van der Waals surface area contributed by atoms with Crippen molar-refractivity contribution in [3.05, 3.63) is 53.3 Å². The lowest BCUT2D eigenvalue weighted by molar-refractivity contribution is -0.0683. The number of hydrogen-bond donors (Lipinski definition) is 1. The highest BCUT2D eigenvalue weighted by Crippen LogP contribution is 2.39. The van der Waals surface area contributed by atoms with Gasteiger partial charge >= 0.3 is 0 Å². The predicted octanol–water partition coefficient (Wildman–Crippen LogP) is 6.80. The van der Waals surface area contributed by atoms with Crippen molar-refractivity contribution in [2.45, 2.75) is 90.4 Å². The molecule has 0 aliphatic carbocycles. The van der Waals surface area contributed by atoms with E-state index in [0.29, 0.717) is 30.1 Å². The van der Waals surface area contributed by atoms with Crippen molar-refractivity contribution in [2.75, 3.05) is 13.1 Å². The maximum Gasteiger partial charge on any atom is 0.0565 e. The second-order valence-electron chi connectivity index (χ2n) is 10.8. The summed E-state index contributed by atoms with van der Waals surface area (Å²) in [6.45, 7) is 13.6. The largest absolute Gasteiger partial charge is 0.375 e. The molecule has 0 bridgehead atoms. The molecule has 2 atom stereocenters. The third-order valence-corrected chi connectivity index (χ3v) is 7.82. The van der Waals surface area contributed by atoms with Crippen molar-refractivity contribution in [1.82, 2.24) is 14.9 Å². The number of nitrogens with zero attached hydrogens (tertiary/aromatic N) is 2. The summed E-state index contributed by atoms with van der Waals surface area (Å²) >= 11 is 0. The lowest BCUT2D eigenvalue weighted by atomic mass is 9.86. The van der Waals surface area contributed by atoms with Crippen molar-refractivity contribution < 1.29 is 4.74 Å². The third-order valence-electron chi connectivity index (χ3n) is 7.82. The highest BCUT2D eigenvalue weighted by atomic mass is 16.5. The number of H-pyrrole nitrogens is 1. The Morgan fingerprint density at radius 3 is 2.42 bits per heavy atom. The zero-order chi connectivity index (χ0) is 23.1. The summed E-state index contributed by atoms with van der Waals surface area (Å²) in [5.74, 6) is 1.11. The van der Waals surface area contributed by atoms with E-state index in [-0.39, 0.29) is 0 Å². The van der Waals surface area contributed by atoms with Gasteiger partial charge in [-0.2, -0.15) is 0 Å². The normalized spacial score (nSPS) is 25.2. The molecular formula is C29H39N3O. The van der Waals surface area contributed by atoms with Crippen molar-refractivity contribution in [2.24, 2.45) is 0 Å². The standard InChI is InChI=1S/C29H39N3O/c1-18(2)28-26-17-23(6-7-27(26)31-29(28)24-8-11-30-19(3)14-24)22-9-12-32(13-10-22)25-15-20(4)33-21(5)16-25/h6-8,11,14,17-18,20-22,25,31H,9-10,12-13,15-16H2,1-5H3. The van der Waals surface area contributed by atoms with Crippen LogP contribution in [0.25, 0.3) is 22.2 Å². The van der Waals surface area contributed by atoms with Crippen LogP contribution in [0.15, 0.2) is 36.5 Å². The molecule has 2 fully saturated rings. The number of aryl methyl sites for hydroxylation is 1. The fourth-order valence-electron chi connectivity index (χ4n) is 6.28. The Bertz CT molecular complexity index is 1100. The van der Waals surface area contributed by atoms with Gasteiger partial charge in [-0.05, 0) is 107 Å². The molecule has 1 aromatic carbocycles. The van der Waals surface area contributed by atoms with Gasteiger partial charge in [0.1, 0.15) is 0 Å². The van der Waals surface area contributed by atoms with Crippen LogP contribution in [0, 0.1) is 6.92 Å². The maximum atomic E-state index is 5.98. The molecular weight excluding hydrogens is 406 g/mol. The van der Waals surface area contributed by atoms with Gasteiger partial charge < -0.3 is 14.6 Å². The van der Waals surface area contributed by atoms with Gasteiger partial charge in [0.05, 0.1) is 17.9 Å². The lowest BCUT2D eigenvalue weighted by Crippen LogP contribution is -2.47. The molecule has 0 amide bonds. The van der Waals surface area contributed by atoms with Crippen LogP contribution in [0.1, 0.15) is 82.0 Å². The minimum absolute atomic E-state index is 0.389. The molecule has 5 rings (SSSR count). The van der Waals surface area contributed by atoms with Crippen molar-refractivity contribution in [1.29, 1.82) is 0 Å². The van der Waals surface area contributed by atoms with Crippen LogP contribution in [0.5, 0.6) is 0 Å². The van der Waals surface area contributed by atoms with Crippen LogP contribution >= 0.6 is 0 Å². The first-order valence-electron chi connectivity index (χ1n) is 12.9. The molecule has 33 heavy (non-hydrogen) atoms. The first-order valence-corrected chi connectivity index (χ1v) is 12.9. The quantitative estimate of drug-likeness (QED) is 0.480. The van der Waals surface area contributed by atoms with Gasteiger partial charge in [0.15, 0.2) is 0 Å². The summed E-state index contributed by atoms with van der Waals surface area (Å²) in [5, 5.41) is 1.39. The highest BCUT2D eigenvalue weighted by Gasteiger charge is 2.32. The summed E-state index contributed by atoms with van der Waals surface area (Å²) in [6.07, 6.45) is 7.56. The van der Waals surface area contributed by atoms with Crippen LogP contribution in [0.4, 0.5) is 0 Å². The van der Waals surface area contributed by atoms with E-state index in [0.717, 1.165) is 5.69 Å². The number of aromatic nitrogens is 2. The molecule has 4 heteroatoms. The fraction of sp³-hybridized carbons (Fsp3) is 0.552. The smallest absolute Gasteiger partial charge is 0.0565 e. The number of hydrogen-bond acceptors (Lipinski definition) is 3. The molecule has 2 aliphatic rings. The van der Waals surface area contributed by atoms with E-state index in [1.165, 1.54) is 72.1 Å². The summed E-state index contributed by atoms with van der Waals surface area (Å²) in [4.78, 5) is 10.9. The third kappa shape index (κ3) is 4.61. The fourth-order valence-corrected chi connectivity index (χ4v) is 6.28. The van der Waals surface area contributed by atoms with Gasteiger partial charge in [-0.1, -0.05) is 19.9 Å². The van der Waals surface area contributed by atoms with Crippen LogP contribution in [0.3, 0.4) is 0 Å². The van der Waals surface area contributed by atoms with Gasteiger partial charge in [0, 0.05) is 34.4 Å². The molecule has 0 radical (unpaired) electrons. The van der Waals surface area contributed by atoms with E-state index in [2.05, 4.69) is 79.8 Å². The van der Waals surface area contributed by atoms with Crippen molar-refractivity contribution >= 4 is 10.9 Å². The van der Waals surface area contributed by atoms with Gasteiger partial charge in [-0.15, -0.1) is 0 Å². The second kappa shape index (κ2) is 9.23. The van der Waals surface area contributed by atoms with Crippen LogP contribution in [-0.2, 0) is 4.74 Å². The minimum Gasteiger partial charge on any atom is -0.375 e. The van der Waals surface area contributed by atoms with Gasteiger partial charge in [-0.3, -0.25) is 4.98 Å². The van der Waals surface area contributed by atoms with Gasteiger partial charge in [0.2, 0.25) is 0 Å². The number of ether oxygens (including phenoxy) is 1. The average Bonchev–Trinajstić information content (AvgIpc) is 3.18. The Balaban J connectivity index is 1.38. The van der Waals surface area contributed by atoms with Gasteiger partial charge in [-0.25, -0.2) is 0 Å². The molecule has 176 valence electrons. The lowest BCUT2D eigenvalue weighted by Gasteiger charge is -2.42. The molecule has 0 saturated carbocycles. The molecule has 2 aromatic heterocycles. The second-order valence-corrected chi connectivity index (χ2v) is 10.8. The van der Waals surface area contributed by atoms with E-state index in [1.54, 1.807) is 0 Å². The number of likely N-dealkylation sites (tertiary alicyclic amines) is 1. The summed E-state index contributed by atoms with van der Waals surface area (Å²) in [5.41, 5.74) is 7.72. The summed E-state index contributed by atoms with van der Waals surface area (Å²) < 4.78 is 5.98. The first kappa shape index (κ1) is 22.6. The van der Waals surface area contributed by atoms with Crippen LogP contribution in [-0.4, -0.2) is 46.2 Å². The monoisotopic (exact) mass is 445 g/mol. The molecule has 4 heterocycles. The SMILES string of the molecule is Cc1cc(-c2[nH]c3ccc(C4CCN(C5CC(C)OC(C)C5)CC4)cc3c2C(C)C)ccn1. The summed E-state index contributed by atoms with van der Waals surface area (Å²) in [7, 11) is 0. The maximum absolute atomic E-state index is 5.98. The molecule has 4 nitrogen and oxygen atoms in total. The molecule has 0 spiro atoms. The number of pyridine rings is 1. The Morgan fingerprint density at radius 2 is 1.76 bits per heavy atom. The van der Waals surface area contributed by atoms with E-state index in [4.69, 9.17) is 4.74 Å². The Hall–Kier alpha value is -2.17. The average molecular weight is 446 g/mol. The molecule has 2 aliphatic heterocycles. The minimum atomic E-state index is 0.389.